The van der Waals surface area contributed by atoms with Gasteiger partial charge in [-0.3, -0.25) is 4.98 Å². The monoisotopic (exact) mass is 182 g/mol. The van der Waals surface area contributed by atoms with Gasteiger partial charge >= 0.3 is 0 Å². The maximum Gasteiger partial charge on any atom is 0.153 e. The van der Waals surface area contributed by atoms with E-state index in [9.17, 15) is 5.11 Å². The smallest absolute Gasteiger partial charge is 0.153 e. The van der Waals surface area contributed by atoms with Crippen molar-refractivity contribution in [1.29, 1.82) is 0 Å². The topological polar surface area (TPSA) is 54.4 Å². The number of rotatable bonds is 4. The Balaban J connectivity index is 2.57. The molecule has 4 heteroatoms. The summed E-state index contributed by atoms with van der Waals surface area (Å²) in [6.07, 6.45) is 2.40. The van der Waals surface area contributed by atoms with Gasteiger partial charge in [-0.15, -0.1) is 0 Å². The second kappa shape index (κ2) is 4.79. The lowest BCUT2D eigenvalue weighted by Gasteiger charge is -2.20. The lowest BCUT2D eigenvalue weighted by molar-refractivity contribution is 0.0157. The number of hydrogen-bond acceptors (Lipinski definition) is 4. The van der Waals surface area contributed by atoms with Gasteiger partial charge in [-0.1, -0.05) is 0 Å². The van der Waals surface area contributed by atoms with Gasteiger partial charge < -0.3 is 15.2 Å². The van der Waals surface area contributed by atoms with Crippen LogP contribution in [-0.4, -0.2) is 29.5 Å². The third-order valence-electron chi connectivity index (χ3n) is 1.66. The predicted molar refractivity (Wildman–Crippen MR) is 50.3 cm³/mol. The number of nitrogens with one attached hydrogen (secondary N) is 1. The molecular formula is C9H14N2O2. The SMILES string of the molecule is COC(Nc1cccnc1)C(C)O. The molecule has 0 aromatic carbocycles. The molecule has 0 fully saturated rings. The molecule has 72 valence electrons. The second-order valence-electron chi connectivity index (χ2n) is 2.78. The lowest BCUT2D eigenvalue weighted by Crippen LogP contribution is -2.32. The summed E-state index contributed by atoms with van der Waals surface area (Å²) < 4.78 is 5.03. The van der Waals surface area contributed by atoms with E-state index in [1.807, 2.05) is 12.1 Å². The van der Waals surface area contributed by atoms with Crippen LogP contribution in [-0.2, 0) is 4.74 Å². The van der Waals surface area contributed by atoms with Crippen molar-refractivity contribution in [3.8, 4) is 0 Å². The highest BCUT2D eigenvalue weighted by Crippen LogP contribution is 2.07. The number of ether oxygens (including phenoxy) is 1. The number of hydrogen-bond donors (Lipinski definition) is 2. The molecule has 0 spiro atoms. The molecule has 0 amide bonds. The van der Waals surface area contributed by atoms with Gasteiger partial charge in [0.15, 0.2) is 6.23 Å². The summed E-state index contributed by atoms with van der Waals surface area (Å²) in [6.45, 7) is 1.66. The number of aliphatic hydroxyl groups excluding tert-OH is 1. The van der Waals surface area contributed by atoms with E-state index in [1.165, 1.54) is 0 Å². The Labute approximate surface area is 77.6 Å². The molecule has 0 aliphatic rings. The van der Waals surface area contributed by atoms with Crippen molar-refractivity contribution < 1.29 is 9.84 Å². The predicted octanol–water partition coefficient (Wildman–Crippen LogP) is 0.847. The standard InChI is InChI=1S/C9H14N2O2/c1-7(12)9(13-2)11-8-4-3-5-10-6-8/h3-7,9,11-12H,1-2H3. The Morgan fingerprint density at radius 2 is 2.38 bits per heavy atom. The zero-order valence-electron chi connectivity index (χ0n) is 7.77. The van der Waals surface area contributed by atoms with Gasteiger partial charge in [0.2, 0.25) is 0 Å². The minimum Gasteiger partial charge on any atom is -0.389 e. The summed E-state index contributed by atoms with van der Waals surface area (Å²) in [5.74, 6) is 0. The fourth-order valence-corrected chi connectivity index (χ4v) is 0.989. The number of methoxy groups -OCH3 is 1. The van der Waals surface area contributed by atoms with Gasteiger partial charge in [0.25, 0.3) is 0 Å². The molecule has 2 N–H and O–H groups in total. The Kier molecular flexibility index (Phi) is 3.67. The van der Waals surface area contributed by atoms with Gasteiger partial charge in [-0.2, -0.15) is 0 Å². The number of aliphatic hydroxyl groups is 1. The van der Waals surface area contributed by atoms with Gasteiger partial charge in [0, 0.05) is 13.3 Å². The first kappa shape index (κ1) is 9.95. The molecule has 4 nitrogen and oxygen atoms in total. The molecule has 1 aromatic rings. The Morgan fingerprint density at radius 1 is 1.62 bits per heavy atom. The molecule has 13 heavy (non-hydrogen) atoms. The van der Waals surface area contributed by atoms with Crippen LogP contribution in [0.2, 0.25) is 0 Å². The Bertz CT molecular complexity index is 239. The van der Waals surface area contributed by atoms with Crippen molar-refractivity contribution in [1.82, 2.24) is 4.98 Å². The molecular weight excluding hydrogens is 168 g/mol. The van der Waals surface area contributed by atoms with Crippen LogP contribution in [0.5, 0.6) is 0 Å². The van der Waals surface area contributed by atoms with Crippen LogP contribution in [0.3, 0.4) is 0 Å². The molecule has 0 saturated carbocycles. The fraction of sp³-hybridized carbons (Fsp3) is 0.444. The Morgan fingerprint density at radius 3 is 2.85 bits per heavy atom. The highest BCUT2D eigenvalue weighted by molar-refractivity contribution is 5.40. The average Bonchev–Trinajstić information content (AvgIpc) is 2.15. The number of nitrogens with zero attached hydrogens (tertiary/aromatic N) is 1. The quantitative estimate of drug-likeness (QED) is 0.678. The highest BCUT2D eigenvalue weighted by atomic mass is 16.5. The normalized spacial score (nSPS) is 15.0. The first-order chi connectivity index (χ1) is 6.24. The third kappa shape index (κ3) is 3.01. The molecule has 0 aliphatic carbocycles. The van der Waals surface area contributed by atoms with Crippen molar-refractivity contribution in [2.45, 2.75) is 19.3 Å². The van der Waals surface area contributed by atoms with Crippen molar-refractivity contribution in [2.24, 2.45) is 0 Å². The van der Waals surface area contributed by atoms with Crippen LogP contribution < -0.4 is 5.32 Å². The van der Waals surface area contributed by atoms with Crippen molar-refractivity contribution in [2.75, 3.05) is 12.4 Å². The van der Waals surface area contributed by atoms with E-state index in [1.54, 1.807) is 26.4 Å². The highest BCUT2D eigenvalue weighted by Gasteiger charge is 2.12. The van der Waals surface area contributed by atoms with Crippen LogP contribution in [0.25, 0.3) is 0 Å². The molecule has 1 aromatic heterocycles. The molecule has 0 radical (unpaired) electrons. The molecule has 2 atom stereocenters. The van der Waals surface area contributed by atoms with Crippen LogP contribution in [0.4, 0.5) is 5.69 Å². The summed E-state index contributed by atoms with van der Waals surface area (Å²) in [5.41, 5.74) is 0.829. The first-order valence-electron chi connectivity index (χ1n) is 4.11. The molecule has 0 saturated heterocycles. The molecule has 2 unspecified atom stereocenters. The van der Waals surface area contributed by atoms with E-state index in [-0.39, 0.29) is 0 Å². The minimum absolute atomic E-state index is 0.399. The summed E-state index contributed by atoms with van der Waals surface area (Å²) in [6, 6.07) is 3.68. The van der Waals surface area contributed by atoms with Crippen molar-refractivity contribution >= 4 is 5.69 Å². The molecule has 1 rings (SSSR count). The minimum atomic E-state index is -0.565. The average molecular weight is 182 g/mol. The van der Waals surface area contributed by atoms with Gasteiger partial charge in [0.1, 0.15) is 0 Å². The van der Waals surface area contributed by atoms with E-state index in [4.69, 9.17) is 4.74 Å². The fourth-order valence-electron chi connectivity index (χ4n) is 0.989. The van der Waals surface area contributed by atoms with Crippen molar-refractivity contribution in [3.05, 3.63) is 24.5 Å². The summed E-state index contributed by atoms with van der Waals surface area (Å²) >= 11 is 0. The largest absolute Gasteiger partial charge is 0.389 e. The van der Waals surface area contributed by atoms with Crippen LogP contribution in [0.15, 0.2) is 24.5 Å². The zero-order valence-corrected chi connectivity index (χ0v) is 7.77. The molecule has 0 bridgehead atoms. The van der Waals surface area contributed by atoms with E-state index in [0.717, 1.165) is 5.69 Å². The van der Waals surface area contributed by atoms with Gasteiger partial charge in [0.05, 0.1) is 18.0 Å². The van der Waals surface area contributed by atoms with Crippen LogP contribution in [0, 0.1) is 0 Å². The number of aromatic nitrogens is 1. The Hall–Kier alpha value is -1.13. The number of anilines is 1. The maximum absolute atomic E-state index is 9.27. The van der Waals surface area contributed by atoms with E-state index in [0.29, 0.717) is 0 Å². The summed E-state index contributed by atoms with van der Waals surface area (Å²) in [7, 11) is 1.54. The third-order valence-corrected chi connectivity index (χ3v) is 1.66. The maximum atomic E-state index is 9.27. The van der Waals surface area contributed by atoms with Crippen LogP contribution in [0.1, 0.15) is 6.92 Å². The number of pyridine rings is 1. The summed E-state index contributed by atoms with van der Waals surface area (Å²) in [5, 5.41) is 12.3. The van der Waals surface area contributed by atoms with Gasteiger partial charge in [-0.25, -0.2) is 0 Å². The van der Waals surface area contributed by atoms with Gasteiger partial charge in [-0.05, 0) is 19.1 Å². The first-order valence-corrected chi connectivity index (χ1v) is 4.11. The van der Waals surface area contributed by atoms with Crippen LogP contribution >= 0.6 is 0 Å². The second-order valence-corrected chi connectivity index (χ2v) is 2.78. The zero-order chi connectivity index (χ0) is 9.68. The summed E-state index contributed by atoms with van der Waals surface area (Å²) in [4.78, 5) is 3.93. The molecule has 0 aliphatic heterocycles. The van der Waals surface area contributed by atoms with Crippen molar-refractivity contribution in [3.63, 3.8) is 0 Å². The lowest BCUT2D eigenvalue weighted by atomic mass is 10.3. The van der Waals surface area contributed by atoms with E-state index < -0.39 is 12.3 Å². The van der Waals surface area contributed by atoms with E-state index in [2.05, 4.69) is 10.3 Å². The molecule has 1 heterocycles. The van der Waals surface area contributed by atoms with E-state index >= 15 is 0 Å².